The minimum atomic E-state index is 0.142. The van der Waals surface area contributed by atoms with Crippen LogP contribution in [0, 0.1) is 6.92 Å². The smallest absolute Gasteiger partial charge is 0.241 e. The van der Waals surface area contributed by atoms with Crippen LogP contribution in [-0.4, -0.2) is 55.0 Å². The fourth-order valence-corrected chi connectivity index (χ4v) is 3.42. The van der Waals surface area contributed by atoms with Crippen molar-refractivity contribution in [3.63, 3.8) is 0 Å². The van der Waals surface area contributed by atoms with Crippen LogP contribution in [0.5, 0.6) is 0 Å². The molecule has 5 heteroatoms. The SMILES string of the molecule is Cc1cc(Cl)ccc1NCC(=O)N1CCN(C/C=C/c2ccccc2)CC1. The summed E-state index contributed by atoms with van der Waals surface area (Å²) in [4.78, 5) is 16.8. The Morgan fingerprint density at radius 3 is 2.56 bits per heavy atom. The molecule has 142 valence electrons. The molecule has 1 N–H and O–H groups in total. The van der Waals surface area contributed by atoms with E-state index in [9.17, 15) is 4.79 Å². The highest BCUT2D eigenvalue weighted by molar-refractivity contribution is 6.30. The van der Waals surface area contributed by atoms with Gasteiger partial charge in [-0.05, 0) is 36.2 Å². The quantitative estimate of drug-likeness (QED) is 0.821. The molecule has 1 saturated heterocycles. The number of piperazine rings is 1. The molecule has 1 aliphatic rings. The molecule has 0 bridgehead atoms. The lowest BCUT2D eigenvalue weighted by atomic mass is 10.2. The van der Waals surface area contributed by atoms with Crippen LogP contribution in [0.25, 0.3) is 6.08 Å². The molecule has 27 heavy (non-hydrogen) atoms. The Kier molecular flexibility index (Phi) is 6.91. The molecule has 0 spiro atoms. The average molecular weight is 384 g/mol. The summed E-state index contributed by atoms with van der Waals surface area (Å²) in [6, 6.07) is 16.0. The van der Waals surface area contributed by atoms with Crippen LogP contribution in [0.4, 0.5) is 5.69 Å². The lowest BCUT2D eigenvalue weighted by molar-refractivity contribution is -0.130. The highest BCUT2D eigenvalue weighted by atomic mass is 35.5. The second kappa shape index (κ2) is 9.58. The molecular formula is C22H26ClN3O. The number of carbonyl (C=O) groups excluding carboxylic acids is 1. The molecule has 0 saturated carbocycles. The van der Waals surface area contributed by atoms with Gasteiger partial charge in [-0.1, -0.05) is 54.1 Å². The Morgan fingerprint density at radius 1 is 1.11 bits per heavy atom. The molecule has 1 fully saturated rings. The molecule has 0 aromatic heterocycles. The van der Waals surface area contributed by atoms with Crippen molar-refractivity contribution in [1.29, 1.82) is 0 Å². The average Bonchev–Trinajstić information content (AvgIpc) is 2.68. The summed E-state index contributed by atoms with van der Waals surface area (Å²) in [7, 11) is 0. The molecular weight excluding hydrogens is 358 g/mol. The van der Waals surface area contributed by atoms with E-state index in [1.807, 2.05) is 48.2 Å². The molecule has 3 rings (SSSR count). The minimum Gasteiger partial charge on any atom is -0.376 e. The molecule has 0 unspecified atom stereocenters. The first kappa shape index (κ1) is 19.5. The molecule has 1 amide bonds. The molecule has 1 heterocycles. The lowest BCUT2D eigenvalue weighted by Crippen LogP contribution is -2.50. The van der Waals surface area contributed by atoms with Gasteiger partial charge in [-0.15, -0.1) is 0 Å². The summed E-state index contributed by atoms with van der Waals surface area (Å²) in [6.07, 6.45) is 4.34. The number of hydrogen-bond donors (Lipinski definition) is 1. The number of nitrogens with zero attached hydrogens (tertiary/aromatic N) is 2. The third-order valence-electron chi connectivity index (χ3n) is 4.82. The molecule has 0 atom stereocenters. The second-order valence-electron chi connectivity index (χ2n) is 6.81. The van der Waals surface area contributed by atoms with E-state index in [0.29, 0.717) is 11.6 Å². The maximum atomic E-state index is 12.5. The maximum Gasteiger partial charge on any atom is 0.241 e. The Bertz CT molecular complexity index is 783. The first-order valence-electron chi connectivity index (χ1n) is 9.33. The van der Waals surface area contributed by atoms with Crippen LogP contribution in [0.2, 0.25) is 5.02 Å². The third kappa shape index (κ3) is 5.84. The Hall–Kier alpha value is -2.30. The zero-order valence-electron chi connectivity index (χ0n) is 15.7. The summed E-state index contributed by atoms with van der Waals surface area (Å²) >= 11 is 5.97. The summed E-state index contributed by atoms with van der Waals surface area (Å²) < 4.78 is 0. The highest BCUT2D eigenvalue weighted by Gasteiger charge is 2.20. The van der Waals surface area contributed by atoms with Gasteiger partial charge in [-0.25, -0.2) is 0 Å². The van der Waals surface area contributed by atoms with Crippen molar-refractivity contribution in [1.82, 2.24) is 9.80 Å². The molecule has 4 nitrogen and oxygen atoms in total. The normalized spacial score (nSPS) is 15.3. The fraction of sp³-hybridized carbons (Fsp3) is 0.318. The van der Waals surface area contributed by atoms with Crippen LogP contribution in [0.1, 0.15) is 11.1 Å². The first-order valence-corrected chi connectivity index (χ1v) is 9.71. The van der Waals surface area contributed by atoms with Gasteiger partial charge < -0.3 is 10.2 Å². The van der Waals surface area contributed by atoms with Gasteiger partial charge in [0, 0.05) is 43.4 Å². The standard InChI is InChI=1S/C22H26ClN3O/c1-18-16-20(23)9-10-21(18)24-17-22(27)26-14-12-25(13-15-26)11-5-8-19-6-3-2-4-7-19/h2-10,16,24H,11-15,17H2,1H3/b8-5+. The van der Waals surface area contributed by atoms with Gasteiger partial charge in [-0.3, -0.25) is 9.69 Å². The predicted molar refractivity (Wildman–Crippen MR) is 113 cm³/mol. The first-order chi connectivity index (χ1) is 13.1. The number of nitrogens with one attached hydrogen (secondary N) is 1. The number of carbonyl (C=O) groups is 1. The predicted octanol–water partition coefficient (Wildman–Crippen LogP) is 3.92. The van der Waals surface area contributed by atoms with E-state index in [1.165, 1.54) is 5.56 Å². The molecule has 2 aromatic carbocycles. The van der Waals surface area contributed by atoms with Gasteiger partial charge in [0.1, 0.15) is 0 Å². The summed E-state index contributed by atoms with van der Waals surface area (Å²) in [6.45, 7) is 6.59. The van der Waals surface area contributed by atoms with Crippen LogP contribution in [0.3, 0.4) is 0 Å². The zero-order valence-corrected chi connectivity index (χ0v) is 16.5. The number of benzene rings is 2. The van der Waals surface area contributed by atoms with Crippen molar-refractivity contribution in [2.45, 2.75) is 6.92 Å². The Labute approximate surface area is 166 Å². The monoisotopic (exact) mass is 383 g/mol. The van der Waals surface area contributed by atoms with E-state index in [-0.39, 0.29) is 5.91 Å². The van der Waals surface area contributed by atoms with Crippen LogP contribution in [-0.2, 0) is 4.79 Å². The lowest BCUT2D eigenvalue weighted by Gasteiger charge is -2.34. The van der Waals surface area contributed by atoms with E-state index in [0.717, 1.165) is 44.0 Å². The zero-order chi connectivity index (χ0) is 19.1. The molecule has 0 aliphatic carbocycles. The largest absolute Gasteiger partial charge is 0.376 e. The van der Waals surface area contributed by atoms with E-state index in [4.69, 9.17) is 11.6 Å². The maximum absolute atomic E-state index is 12.5. The number of rotatable bonds is 6. The van der Waals surface area contributed by atoms with E-state index >= 15 is 0 Å². The van der Waals surface area contributed by atoms with Gasteiger partial charge in [0.15, 0.2) is 0 Å². The van der Waals surface area contributed by atoms with Gasteiger partial charge in [-0.2, -0.15) is 0 Å². The topological polar surface area (TPSA) is 35.6 Å². The van der Waals surface area contributed by atoms with Crippen LogP contribution < -0.4 is 5.32 Å². The molecule has 2 aromatic rings. The summed E-state index contributed by atoms with van der Waals surface area (Å²) in [5.41, 5.74) is 3.22. The van der Waals surface area contributed by atoms with Gasteiger partial charge in [0.2, 0.25) is 5.91 Å². The van der Waals surface area contributed by atoms with Gasteiger partial charge >= 0.3 is 0 Å². The number of anilines is 1. The number of aryl methyl sites for hydroxylation is 1. The van der Waals surface area contributed by atoms with Gasteiger partial charge in [0.05, 0.1) is 6.54 Å². The van der Waals surface area contributed by atoms with Crippen molar-refractivity contribution >= 4 is 29.3 Å². The van der Waals surface area contributed by atoms with E-state index in [2.05, 4.69) is 34.5 Å². The summed E-state index contributed by atoms with van der Waals surface area (Å²) in [5, 5.41) is 3.94. The molecule has 1 aliphatic heterocycles. The van der Waals surface area contributed by atoms with Crippen molar-refractivity contribution in [3.05, 3.63) is 70.8 Å². The summed E-state index contributed by atoms with van der Waals surface area (Å²) in [5.74, 6) is 0.142. The van der Waals surface area contributed by atoms with Crippen molar-refractivity contribution < 1.29 is 4.79 Å². The van der Waals surface area contributed by atoms with Crippen molar-refractivity contribution in [2.75, 3.05) is 44.6 Å². The van der Waals surface area contributed by atoms with Crippen LogP contribution in [0.15, 0.2) is 54.6 Å². The third-order valence-corrected chi connectivity index (χ3v) is 5.05. The highest BCUT2D eigenvalue weighted by Crippen LogP contribution is 2.19. The van der Waals surface area contributed by atoms with Crippen molar-refractivity contribution in [3.8, 4) is 0 Å². The number of halogens is 1. The van der Waals surface area contributed by atoms with Gasteiger partial charge in [0.25, 0.3) is 0 Å². The number of amides is 1. The van der Waals surface area contributed by atoms with E-state index < -0.39 is 0 Å². The minimum absolute atomic E-state index is 0.142. The molecule has 0 radical (unpaired) electrons. The number of hydrogen-bond acceptors (Lipinski definition) is 3. The van der Waals surface area contributed by atoms with E-state index in [1.54, 1.807) is 0 Å². The fourth-order valence-electron chi connectivity index (χ4n) is 3.19. The Balaban J connectivity index is 1.40. The second-order valence-corrected chi connectivity index (χ2v) is 7.24. The van der Waals surface area contributed by atoms with Crippen LogP contribution >= 0.6 is 11.6 Å². The van der Waals surface area contributed by atoms with Crippen molar-refractivity contribution in [2.24, 2.45) is 0 Å². The Morgan fingerprint density at radius 2 is 1.85 bits per heavy atom.